The molecule has 1 unspecified atom stereocenters. The number of nitrogens with two attached hydrogens (primary N) is 1. The van der Waals surface area contributed by atoms with Gasteiger partial charge < -0.3 is 16.4 Å². The lowest BCUT2D eigenvalue weighted by Crippen LogP contribution is -2.31. The molecule has 0 radical (unpaired) electrons. The number of hydrogen-bond acceptors (Lipinski definition) is 3. The first-order chi connectivity index (χ1) is 8.97. The summed E-state index contributed by atoms with van der Waals surface area (Å²) in [6, 6.07) is 7.45. The molecule has 0 saturated heterocycles. The minimum atomic E-state index is -0.114. The highest BCUT2D eigenvalue weighted by atomic mass is 35.5. The number of anilines is 1. The molecule has 2 amide bonds. The number of halogens is 1. The van der Waals surface area contributed by atoms with Crippen molar-refractivity contribution in [2.45, 2.75) is 32.7 Å². The molecular formula is C14H22ClN3O2. The Labute approximate surface area is 125 Å². The van der Waals surface area contributed by atoms with Crippen LogP contribution in [0.3, 0.4) is 0 Å². The van der Waals surface area contributed by atoms with Gasteiger partial charge in [-0.25, -0.2) is 0 Å². The molecule has 20 heavy (non-hydrogen) atoms. The number of hydrogen-bond donors (Lipinski definition) is 3. The van der Waals surface area contributed by atoms with Crippen LogP contribution in [0.25, 0.3) is 0 Å². The standard InChI is InChI=1S/C14H21N3O2.ClH/c1-10(15)9-14(19)16-8-7-12-3-5-13(6-4-12)17-11(2)18;/h3-6,10H,7-9,15H2,1-2H3,(H,16,19)(H,17,18);1H. The maximum absolute atomic E-state index is 11.4. The van der Waals surface area contributed by atoms with Gasteiger partial charge >= 0.3 is 0 Å². The topological polar surface area (TPSA) is 84.2 Å². The first-order valence-electron chi connectivity index (χ1n) is 6.36. The molecule has 1 rings (SSSR count). The molecule has 0 fully saturated rings. The SMILES string of the molecule is CC(=O)Nc1ccc(CCNC(=O)CC(C)N)cc1.Cl. The van der Waals surface area contributed by atoms with Crippen molar-refractivity contribution in [3.05, 3.63) is 29.8 Å². The largest absolute Gasteiger partial charge is 0.356 e. The van der Waals surface area contributed by atoms with Gasteiger partial charge in [-0.1, -0.05) is 12.1 Å². The average Bonchev–Trinajstić information content (AvgIpc) is 2.29. The van der Waals surface area contributed by atoms with E-state index in [0.717, 1.165) is 17.7 Å². The first kappa shape index (κ1) is 18.4. The van der Waals surface area contributed by atoms with Crippen molar-refractivity contribution in [2.75, 3.05) is 11.9 Å². The second-order valence-corrected chi connectivity index (χ2v) is 4.66. The molecule has 4 N–H and O–H groups in total. The molecule has 0 aliphatic heterocycles. The summed E-state index contributed by atoms with van der Waals surface area (Å²) in [5, 5.41) is 5.53. The van der Waals surface area contributed by atoms with E-state index in [1.54, 1.807) is 6.92 Å². The summed E-state index contributed by atoms with van der Waals surface area (Å²) in [5.41, 5.74) is 7.42. The van der Waals surface area contributed by atoms with Crippen LogP contribution < -0.4 is 16.4 Å². The van der Waals surface area contributed by atoms with Crippen molar-refractivity contribution >= 4 is 29.9 Å². The predicted molar refractivity (Wildman–Crippen MR) is 83.0 cm³/mol. The minimum absolute atomic E-state index is 0. The maximum Gasteiger partial charge on any atom is 0.221 e. The molecular weight excluding hydrogens is 278 g/mol. The van der Waals surface area contributed by atoms with E-state index in [1.165, 1.54) is 6.92 Å². The third kappa shape index (κ3) is 7.76. The normalized spacial score (nSPS) is 11.2. The van der Waals surface area contributed by atoms with Crippen LogP contribution in [0.15, 0.2) is 24.3 Å². The van der Waals surface area contributed by atoms with E-state index in [9.17, 15) is 9.59 Å². The van der Waals surface area contributed by atoms with Gasteiger partial charge in [0.25, 0.3) is 0 Å². The van der Waals surface area contributed by atoms with E-state index >= 15 is 0 Å². The van der Waals surface area contributed by atoms with Crippen molar-refractivity contribution in [1.29, 1.82) is 0 Å². The number of rotatable bonds is 6. The zero-order valence-corrected chi connectivity index (χ0v) is 12.6. The van der Waals surface area contributed by atoms with Crippen molar-refractivity contribution in [3.8, 4) is 0 Å². The zero-order chi connectivity index (χ0) is 14.3. The molecule has 1 aromatic rings. The van der Waals surface area contributed by atoms with Crippen molar-refractivity contribution < 1.29 is 9.59 Å². The summed E-state index contributed by atoms with van der Waals surface area (Å²) >= 11 is 0. The highest BCUT2D eigenvalue weighted by molar-refractivity contribution is 5.88. The monoisotopic (exact) mass is 299 g/mol. The van der Waals surface area contributed by atoms with E-state index in [0.29, 0.717) is 13.0 Å². The molecule has 6 heteroatoms. The van der Waals surface area contributed by atoms with Crippen LogP contribution in [0.1, 0.15) is 25.8 Å². The molecule has 1 aromatic carbocycles. The lowest BCUT2D eigenvalue weighted by Gasteiger charge is -2.08. The quantitative estimate of drug-likeness (QED) is 0.743. The summed E-state index contributed by atoms with van der Waals surface area (Å²) in [4.78, 5) is 22.2. The molecule has 0 bridgehead atoms. The van der Waals surface area contributed by atoms with Crippen LogP contribution in [-0.4, -0.2) is 24.4 Å². The zero-order valence-electron chi connectivity index (χ0n) is 11.8. The Morgan fingerprint density at radius 1 is 1.25 bits per heavy atom. The van der Waals surface area contributed by atoms with Crippen LogP contribution in [-0.2, 0) is 16.0 Å². The third-order valence-corrected chi connectivity index (χ3v) is 2.52. The van der Waals surface area contributed by atoms with E-state index in [1.807, 2.05) is 24.3 Å². The summed E-state index contributed by atoms with van der Waals surface area (Å²) in [7, 11) is 0. The van der Waals surface area contributed by atoms with E-state index in [4.69, 9.17) is 5.73 Å². The van der Waals surface area contributed by atoms with Crippen molar-refractivity contribution in [2.24, 2.45) is 5.73 Å². The highest BCUT2D eigenvalue weighted by Gasteiger charge is 2.04. The fourth-order valence-electron chi connectivity index (χ4n) is 1.67. The second kappa shape index (κ2) is 9.34. The summed E-state index contributed by atoms with van der Waals surface area (Å²) in [6.07, 6.45) is 1.10. The van der Waals surface area contributed by atoms with Crippen LogP contribution in [0.4, 0.5) is 5.69 Å². The summed E-state index contributed by atoms with van der Waals surface area (Å²) in [5.74, 6) is -0.110. The Morgan fingerprint density at radius 3 is 2.35 bits per heavy atom. The highest BCUT2D eigenvalue weighted by Crippen LogP contribution is 2.09. The van der Waals surface area contributed by atoms with E-state index in [-0.39, 0.29) is 30.3 Å². The summed E-state index contributed by atoms with van der Waals surface area (Å²) < 4.78 is 0. The van der Waals surface area contributed by atoms with Gasteiger partial charge in [0.05, 0.1) is 0 Å². The smallest absolute Gasteiger partial charge is 0.221 e. The fourth-order valence-corrected chi connectivity index (χ4v) is 1.67. The number of benzene rings is 1. The van der Waals surface area contributed by atoms with Crippen LogP contribution in [0.2, 0.25) is 0 Å². The van der Waals surface area contributed by atoms with Gasteiger partial charge in [0, 0.05) is 31.6 Å². The van der Waals surface area contributed by atoms with E-state index in [2.05, 4.69) is 10.6 Å². The van der Waals surface area contributed by atoms with Gasteiger partial charge in [-0.15, -0.1) is 12.4 Å². The number of carbonyl (C=O) groups is 2. The van der Waals surface area contributed by atoms with Crippen molar-refractivity contribution in [1.82, 2.24) is 5.32 Å². The molecule has 0 saturated carbocycles. The van der Waals surface area contributed by atoms with E-state index < -0.39 is 0 Å². The first-order valence-corrected chi connectivity index (χ1v) is 6.36. The van der Waals surface area contributed by atoms with Crippen LogP contribution in [0, 0.1) is 0 Å². The van der Waals surface area contributed by atoms with Gasteiger partial charge in [-0.05, 0) is 31.0 Å². The van der Waals surface area contributed by atoms with Crippen LogP contribution in [0.5, 0.6) is 0 Å². The molecule has 1 atom stereocenters. The maximum atomic E-state index is 11.4. The van der Waals surface area contributed by atoms with Gasteiger partial charge in [0.2, 0.25) is 11.8 Å². The Kier molecular flexibility index (Phi) is 8.59. The Morgan fingerprint density at radius 2 is 1.85 bits per heavy atom. The number of carbonyl (C=O) groups excluding carboxylic acids is 2. The molecule has 0 heterocycles. The summed E-state index contributed by atoms with van der Waals surface area (Å²) in [6.45, 7) is 3.87. The van der Waals surface area contributed by atoms with Gasteiger partial charge in [-0.3, -0.25) is 9.59 Å². The second-order valence-electron chi connectivity index (χ2n) is 4.66. The molecule has 112 valence electrons. The Balaban J connectivity index is 0.00000361. The Hall–Kier alpha value is -1.59. The third-order valence-electron chi connectivity index (χ3n) is 2.52. The number of nitrogens with one attached hydrogen (secondary N) is 2. The lowest BCUT2D eigenvalue weighted by molar-refractivity contribution is -0.121. The average molecular weight is 300 g/mol. The van der Waals surface area contributed by atoms with Gasteiger partial charge in [0.15, 0.2) is 0 Å². The molecule has 0 aromatic heterocycles. The molecule has 5 nitrogen and oxygen atoms in total. The van der Waals surface area contributed by atoms with Gasteiger partial charge in [0.1, 0.15) is 0 Å². The lowest BCUT2D eigenvalue weighted by atomic mass is 10.1. The van der Waals surface area contributed by atoms with Gasteiger partial charge in [-0.2, -0.15) is 0 Å². The molecule has 0 aliphatic carbocycles. The minimum Gasteiger partial charge on any atom is -0.356 e. The Bertz CT molecular complexity index is 433. The molecule has 0 aliphatic rings. The van der Waals surface area contributed by atoms with Crippen molar-refractivity contribution in [3.63, 3.8) is 0 Å². The van der Waals surface area contributed by atoms with Crippen LogP contribution >= 0.6 is 12.4 Å². The molecule has 0 spiro atoms. The fraction of sp³-hybridized carbons (Fsp3) is 0.429. The number of amides is 2. The predicted octanol–water partition coefficient (Wildman–Crippen LogP) is 1.46.